The minimum atomic E-state index is -0.644. The van der Waals surface area contributed by atoms with Crippen LogP contribution in [0.5, 0.6) is 5.75 Å². The normalized spacial score (nSPS) is 18.8. The Kier molecular flexibility index (Phi) is 4.04. The molecule has 0 saturated carbocycles. The molecule has 146 valence electrons. The van der Waals surface area contributed by atoms with Crippen molar-refractivity contribution in [2.45, 2.75) is 32.0 Å². The lowest BCUT2D eigenvalue weighted by Gasteiger charge is -2.29. The molecule has 5 rings (SSSR count). The highest BCUT2D eigenvalue weighted by atomic mass is 16.5. The van der Waals surface area contributed by atoms with Gasteiger partial charge in [0.25, 0.3) is 5.91 Å². The molecule has 1 aromatic heterocycles. The van der Waals surface area contributed by atoms with Gasteiger partial charge in [0.15, 0.2) is 12.0 Å². The van der Waals surface area contributed by atoms with E-state index in [4.69, 9.17) is 9.15 Å². The van der Waals surface area contributed by atoms with Gasteiger partial charge in [-0.2, -0.15) is 0 Å². The van der Waals surface area contributed by atoms with Gasteiger partial charge in [-0.05, 0) is 36.2 Å². The quantitative estimate of drug-likeness (QED) is 0.684. The van der Waals surface area contributed by atoms with Crippen molar-refractivity contribution in [2.75, 3.05) is 0 Å². The summed E-state index contributed by atoms with van der Waals surface area (Å²) in [6, 6.07) is 10.3. The van der Waals surface area contributed by atoms with E-state index in [0.717, 1.165) is 16.6 Å². The maximum atomic E-state index is 12.9. The number of hydrogen-bond acceptors (Lipinski definition) is 6. The minimum absolute atomic E-state index is 0.219. The number of carbonyl (C=O) groups excluding carboxylic acids is 3. The van der Waals surface area contributed by atoms with Crippen LogP contribution in [0.2, 0.25) is 0 Å². The van der Waals surface area contributed by atoms with Crippen LogP contribution >= 0.6 is 0 Å². The molecule has 1 saturated heterocycles. The average Bonchev–Trinajstić information content (AvgIpc) is 3.31. The Morgan fingerprint density at radius 1 is 1.21 bits per heavy atom. The van der Waals surface area contributed by atoms with E-state index in [2.05, 4.69) is 10.3 Å². The fourth-order valence-corrected chi connectivity index (χ4v) is 3.84. The molecule has 2 aliphatic heterocycles. The van der Waals surface area contributed by atoms with E-state index < -0.39 is 11.9 Å². The molecule has 8 heteroatoms. The summed E-state index contributed by atoms with van der Waals surface area (Å²) in [4.78, 5) is 42.1. The zero-order chi connectivity index (χ0) is 20.0. The molecule has 29 heavy (non-hydrogen) atoms. The topological polar surface area (TPSA) is 102 Å². The number of hydrogen-bond donors (Lipinski definition) is 1. The maximum absolute atomic E-state index is 12.9. The largest absolute Gasteiger partial charge is 0.489 e. The molecule has 3 heterocycles. The van der Waals surface area contributed by atoms with Crippen molar-refractivity contribution in [3.63, 3.8) is 0 Å². The monoisotopic (exact) mass is 391 g/mol. The molecule has 1 atom stereocenters. The molecule has 2 aliphatic rings. The van der Waals surface area contributed by atoms with Gasteiger partial charge in [0.05, 0.1) is 6.54 Å². The van der Waals surface area contributed by atoms with Gasteiger partial charge in [0, 0.05) is 17.5 Å². The predicted octanol–water partition coefficient (Wildman–Crippen LogP) is 2.17. The lowest BCUT2D eigenvalue weighted by atomic mass is 10.0. The van der Waals surface area contributed by atoms with Crippen LogP contribution in [-0.4, -0.2) is 33.6 Å². The molecule has 2 aromatic carbocycles. The van der Waals surface area contributed by atoms with Gasteiger partial charge in [-0.15, -0.1) is 0 Å². The lowest BCUT2D eigenvalue weighted by molar-refractivity contribution is -0.136. The van der Waals surface area contributed by atoms with Gasteiger partial charge in [0.1, 0.15) is 23.9 Å². The van der Waals surface area contributed by atoms with E-state index in [1.807, 2.05) is 24.3 Å². The first-order chi connectivity index (χ1) is 14.1. The highest BCUT2D eigenvalue weighted by molar-refractivity contribution is 6.05. The molecule has 0 radical (unpaired) electrons. The first-order valence-electron chi connectivity index (χ1n) is 9.31. The highest BCUT2D eigenvalue weighted by Gasteiger charge is 2.40. The summed E-state index contributed by atoms with van der Waals surface area (Å²) in [5.74, 6) is -0.347. The summed E-state index contributed by atoms with van der Waals surface area (Å²) in [6.45, 7) is 0.581. The van der Waals surface area contributed by atoms with Crippen LogP contribution in [0.25, 0.3) is 11.1 Å². The number of aromatic nitrogens is 1. The minimum Gasteiger partial charge on any atom is -0.489 e. The molecule has 1 fully saturated rings. The van der Waals surface area contributed by atoms with E-state index in [1.165, 1.54) is 11.3 Å². The Morgan fingerprint density at radius 3 is 2.97 bits per heavy atom. The number of imide groups is 1. The molecule has 8 nitrogen and oxygen atoms in total. The van der Waals surface area contributed by atoms with Crippen LogP contribution in [0.15, 0.2) is 47.2 Å². The van der Waals surface area contributed by atoms with E-state index in [0.29, 0.717) is 29.9 Å². The van der Waals surface area contributed by atoms with Gasteiger partial charge in [0.2, 0.25) is 11.8 Å². The third-order valence-corrected chi connectivity index (χ3v) is 5.33. The Bertz CT molecular complexity index is 1150. The van der Waals surface area contributed by atoms with Crippen molar-refractivity contribution in [3.05, 3.63) is 59.5 Å². The van der Waals surface area contributed by atoms with E-state index in [1.54, 1.807) is 12.1 Å². The second-order valence-corrected chi connectivity index (χ2v) is 7.13. The smallest absolute Gasteiger partial charge is 0.255 e. The third-order valence-electron chi connectivity index (χ3n) is 5.33. The number of oxazole rings is 1. The maximum Gasteiger partial charge on any atom is 0.255 e. The molecular weight excluding hydrogens is 374 g/mol. The van der Waals surface area contributed by atoms with Crippen molar-refractivity contribution in [3.8, 4) is 5.75 Å². The van der Waals surface area contributed by atoms with Gasteiger partial charge in [-0.25, -0.2) is 4.98 Å². The fourth-order valence-electron chi connectivity index (χ4n) is 3.84. The number of fused-ring (bicyclic) bond motifs is 2. The standard InChI is InChI=1S/C21H17N3O5/c25-19-7-6-16(20(26)23-19)24-9-14-13(21(24)27)2-1-3-17(14)28-10-12-4-5-15-18(8-12)29-11-22-15/h1-5,8,11,16H,6-7,9-10H2,(H,23,25,26). The Hall–Kier alpha value is -3.68. The van der Waals surface area contributed by atoms with Crippen LogP contribution < -0.4 is 10.1 Å². The summed E-state index contributed by atoms with van der Waals surface area (Å²) in [6.07, 6.45) is 1.95. The predicted molar refractivity (Wildman–Crippen MR) is 101 cm³/mol. The molecule has 0 aliphatic carbocycles. The van der Waals surface area contributed by atoms with Crippen molar-refractivity contribution in [1.82, 2.24) is 15.2 Å². The van der Waals surface area contributed by atoms with Crippen LogP contribution in [-0.2, 0) is 22.7 Å². The van der Waals surface area contributed by atoms with Crippen molar-refractivity contribution in [1.29, 1.82) is 0 Å². The van der Waals surface area contributed by atoms with E-state index >= 15 is 0 Å². The number of amides is 3. The van der Waals surface area contributed by atoms with Gasteiger partial charge in [-0.3, -0.25) is 19.7 Å². The number of carbonyl (C=O) groups is 3. The second kappa shape index (κ2) is 6.73. The van der Waals surface area contributed by atoms with Crippen molar-refractivity contribution in [2.24, 2.45) is 0 Å². The zero-order valence-electron chi connectivity index (χ0n) is 15.4. The number of piperidine rings is 1. The second-order valence-electron chi connectivity index (χ2n) is 7.13. The van der Waals surface area contributed by atoms with Gasteiger partial charge < -0.3 is 14.1 Å². The third kappa shape index (κ3) is 3.02. The Morgan fingerprint density at radius 2 is 2.10 bits per heavy atom. The number of rotatable bonds is 4. The van der Waals surface area contributed by atoms with Crippen LogP contribution in [0.3, 0.4) is 0 Å². The molecule has 3 aromatic rings. The molecule has 1 unspecified atom stereocenters. The lowest BCUT2D eigenvalue weighted by Crippen LogP contribution is -2.52. The first-order valence-corrected chi connectivity index (χ1v) is 9.31. The van der Waals surface area contributed by atoms with Crippen molar-refractivity contribution >= 4 is 28.8 Å². The van der Waals surface area contributed by atoms with E-state index in [-0.39, 0.29) is 24.8 Å². The summed E-state index contributed by atoms with van der Waals surface area (Å²) in [7, 11) is 0. The number of benzene rings is 2. The SMILES string of the molecule is O=C1CCC(N2Cc3c(OCc4ccc5ncoc5c4)cccc3C2=O)C(=O)N1. The Balaban J connectivity index is 1.36. The first kappa shape index (κ1) is 17.4. The highest BCUT2D eigenvalue weighted by Crippen LogP contribution is 2.34. The molecule has 0 bridgehead atoms. The number of nitrogens with zero attached hydrogens (tertiary/aromatic N) is 2. The molecular formula is C21H17N3O5. The molecule has 1 N–H and O–H groups in total. The van der Waals surface area contributed by atoms with Crippen LogP contribution in [0.4, 0.5) is 0 Å². The van der Waals surface area contributed by atoms with Crippen LogP contribution in [0, 0.1) is 0 Å². The zero-order valence-corrected chi connectivity index (χ0v) is 15.4. The average molecular weight is 391 g/mol. The number of ether oxygens (including phenoxy) is 1. The molecule has 0 spiro atoms. The summed E-state index contributed by atoms with van der Waals surface area (Å²) in [5.41, 5.74) is 3.66. The fraction of sp³-hybridized carbons (Fsp3) is 0.238. The Labute approximate surface area is 165 Å². The molecule has 3 amide bonds. The van der Waals surface area contributed by atoms with Crippen molar-refractivity contribution < 1.29 is 23.5 Å². The summed E-state index contributed by atoms with van der Waals surface area (Å²) in [5, 5.41) is 2.31. The van der Waals surface area contributed by atoms with Gasteiger partial charge >= 0.3 is 0 Å². The van der Waals surface area contributed by atoms with E-state index in [9.17, 15) is 14.4 Å². The number of nitrogens with one attached hydrogen (secondary N) is 1. The van der Waals surface area contributed by atoms with Gasteiger partial charge in [-0.1, -0.05) is 12.1 Å². The van der Waals surface area contributed by atoms with Crippen LogP contribution in [0.1, 0.15) is 34.3 Å². The summed E-state index contributed by atoms with van der Waals surface area (Å²) < 4.78 is 11.3. The summed E-state index contributed by atoms with van der Waals surface area (Å²) >= 11 is 0.